The minimum atomic E-state index is -0.410. The highest BCUT2D eigenvalue weighted by atomic mass is 16.5. The van der Waals surface area contributed by atoms with Crippen molar-refractivity contribution in [1.82, 2.24) is 9.38 Å². The maximum absolute atomic E-state index is 11.5. The number of nitrogens with one attached hydrogen (secondary N) is 1. The lowest BCUT2D eigenvalue weighted by Crippen LogP contribution is -2.09. The highest BCUT2D eigenvalue weighted by Crippen LogP contribution is 2.05. The average Bonchev–Trinajstić information content (AvgIpc) is 2.60. The van der Waals surface area contributed by atoms with E-state index in [1.807, 2.05) is 0 Å². The lowest BCUT2D eigenvalue weighted by Gasteiger charge is -2.00. The van der Waals surface area contributed by atoms with Crippen LogP contribution in [0, 0.1) is 0 Å². The molecule has 0 radical (unpaired) electrons. The minimum Gasteiger partial charge on any atom is -0.461 e. The molecule has 0 fully saturated rings. The second-order valence-electron chi connectivity index (χ2n) is 3.01. The Labute approximate surface area is 85.3 Å². The molecule has 2 heterocycles. The SMILES string of the molecule is CCOC(=O)c1c[nH]c2cc(=O)ccn12. The molecule has 15 heavy (non-hydrogen) atoms. The second-order valence-corrected chi connectivity index (χ2v) is 3.01. The van der Waals surface area contributed by atoms with Crippen molar-refractivity contribution in [1.29, 1.82) is 0 Å². The van der Waals surface area contributed by atoms with Gasteiger partial charge in [0.1, 0.15) is 11.3 Å². The summed E-state index contributed by atoms with van der Waals surface area (Å²) in [5, 5.41) is 0. The molecule has 2 aromatic rings. The van der Waals surface area contributed by atoms with Crippen LogP contribution in [0.3, 0.4) is 0 Å². The molecule has 0 aliphatic rings. The van der Waals surface area contributed by atoms with Crippen LogP contribution >= 0.6 is 0 Å². The maximum atomic E-state index is 11.5. The third-order valence-electron chi connectivity index (χ3n) is 2.03. The van der Waals surface area contributed by atoms with E-state index in [9.17, 15) is 9.59 Å². The first-order valence-electron chi connectivity index (χ1n) is 4.59. The lowest BCUT2D eigenvalue weighted by molar-refractivity contribution is 0.0518. The van der Waals surface area contributed by atoms with Crippen molar-refractivity contribution in [2.45, 2.75) is 6.92 Å². The number of fused-ring (bicyclic) bond motifs is 1. The quantitative estimate of drug-likeness (QED) is 0.739. The van der Waals surface area contributed by atoms with E-state index in [4.69, 9.17) is 4.74 Å². The van der Waals surface area contributed by atoms with Crippen molar-refractivity contribution in [3.05, 3.63) is 40.4 Å². The summed E-state index contributed by atoms with van der Waals surface area (Å²) in [5.74, 6) is -0.410. The van der Waals surface area contributed by atoms with Crippen molar-refractivity contribution in [3.8, 4) is 0 Å². The van der Waals surface area contributed by atoms with Gasteiger partial charge in [-0.3, -0.25) is 9.20 Å². The van der Waals surface area contributed by atoms with Crippen LogP contribution in [0.5, 0.6) is 0 Å². The number of nitrogens with zero attached hydrogens (tertiary/aromatic N) is 1. The first-order chi connectivity index (χ1) is 7.22. The molecule has 0 saturated carbocycles. The molecule has 0 unspecified atom stereocenters. The molecule has 78 valence electrons. The second kappa shape index (κ2) is 3.61. The molecular weight excluding hydrogens is 196 g/mol. The first-order valence-corrected chi connectivity index (χ1v) is 4.59. The zero-order valence-electron chi connectivity index (χ0n) is 8.19. The Balaban J connectivity index is 2.54. The van der Waals surface area contributed by atoms with E-state index in [-0.39, 0.29) is 5.43 Å². The van der Waals surface area contributed by atoms with Crippen LogP contribution in [0.25, 0.3) is 5.65 Å². The summed E-state index contributed by atoms with van der Waals surface area (Å²) in [4.78, 5) is 25.3. The molecular formula is C10H10N2O3. The van der Waals surface area contributed by atoms with Crippen molar-refractivity contribution in [2.24, 2.45) is 0 Å². The van der Waals surface area contributed by atoms with Gasteiger partial charge in [-0.15, -0.1) is 0 Å². The molecule has 0 aliphatic carbocycles. The number of rotatable bonds is 2. The summed E-state index contributed by atoms with van der Waals surface area (Å²) in [6, 6.07) is 2.81. The van der Waals surface area contributed by atoms with Crippen LogP contribution in [-0.2, 0) is 4.74 Å². The van der Waals surface area contributed by atoms with Gasteiger partial charge in [0, 0.05) is 24.5 Å². The number of carbonyl (C=O) groups excluding carboxylic acids is 1. The van der Waals surface area contributed by atoms with Crippen molar-refractivity contribution in [3.63, 3.8) is 0 Å². The summed E-state index contributed by atoms with van der Waals surface area (Å²) >= 11 is 0. The highest BCUT2D eigenvalue weighted by Gasteiger charge is 2.11. The number of ether oxygens (including phenoxy) is 1. The van der Waals surface area contributed by atoms with Crippen LogP contribution in [0.2, 0.25) is 0 Å². The predicted molar refractivity (Wildman–Crippen MR) is 54.0 cm³/mol. The number of pyridine rings is 1. The van der Waals surface area contributed by atoms with Gasteiger partial charge in [0.15, 0.2) is 5.43 Å². The van der Waals surface area contributed by atoms with E-state index in [2.05, 4.69) is 4.98 Å². The molecule has 5 nitrogen and oxygen atoms in total. The number of hydrogen-bond donors (Lipinski definition) is 1. The standard InChI is InChI=1S/C10H10N2O3/c1-2-15-10(14)8-6-11-9-5-7(13)3-4-12(8)9/h3-6,11H,2H2,1H3. The van der Waals surface area contributed by atoms with Gasteiger partial charge in [-0.25, -0.2) is 4.79 Å². The van der Waals surface area contributed by atoms with Crippen molar-refractivity contribution < 1.29 is 9.53 Å². The first kappa shape index (κ1) is 9.51. The third-order valence-corrected chi connectivity index (χ3v) is 2.03. The van der Waals surface area contributed by atoms with E-state index >= 15 is 0 Å². The van der Waals surface area contributed by atoms with Crippen LogP contribution in [0.1, 0.15) is 17.4 Å². The molecule has 0 bridgehead atoms. The Morgan fingerprint density at radius 3 is 3.13 bits per heavy atom. The van der Waals surface area contributed by atoms with E-state index in [1.54, 1.807) is 17.5 Å². The summed E-state index contributed by atoms with van der Waals surface area (Å²) in [5.41, 5.74) is 0.852. The third kappa shape index (κ3) is 1.63. The summed E-state index contributed by atoms with van der Waals surface area (Å²) in [6.07, 6.45) is 3.06. The molecule has 0 spiro atoms. The maximum Gasteiger partial charge on any atom is 0.356 e. The number of imidazole rings is 1. The molecule has 0 atom stereocenters. The predicted octanol–water partition coefficient (Wildman–Crippen LogP) is 0.804. The Bertz CT molecular complexity index is 553. The average molecular weight is 206 g/mol. The molecule has 1 N–H and O–H groups in total. The molecule has 5 heteroatoms. The zero-order valence-corrected chi connectivity index (χ0v) is 8.19. The van der Waals surface area contributed by atoms with Crippen LogP contribution in [-0.4, -0.2) is 22.0 Å². The molecule has 0 amide bonds. The Morgan fingerprint density at radius 1 is 1.60 bits per heavy atom. The lowest BCUT2D eigenvalue weighted by atomic mass is 10.4. The Kier molecular flexibility index (Phi) is 2.29. The number of H-pyrrole nitrogens is 1. The van der Waals surface area contributed by atoms with Gasteiger partial charge in [0.25, 0.3) is 0 Å². The molecule has 0 aliphatic heterocycles. The fourth-order valence-corrected chi connectivity index (χ4v) is 1.38. The Morgan fingerprint density at radius 2 is 2.40 bits per heavy atom. The van der Waals surface area contributed by atoms with Gasteiger partial charge in [-0.1, -0.05) is 0 Å². The van der Waals surface area contributed by atoms with E-state index < -0.39 is 5.97 Å². The molecule has 0 saturated heterocycles. The van der Waals surface area contributed by atoms with Gasteiger partial charge in [-0.2, -0.15) is 0 Å². The van der Waals surface area contributed by atoms with E-state index in [0.717, 1.165) is 0 Å². The fourth-order valence-electron chi connectivity index (χ4n) is 1.38. The fraction of sp³-hybridized carbons (Fsp3) is 0.200. The Hall–Kier alpha value is -2.04. The highest BCUT2D eigenvalue weighted by molar-refractivity contribution is 5.88. The van der Waals surface area contributed by atoms with Crippen LogP contribution < -0.4 is 5.43 Å². The summed E-state index contributed by atoms with van der Waals surface area (Å²) < 4.78 is 6.45. The monoisotopic (exact) mass is 206 g/mol. The molecule has 2 aromatic heterocycles. The topological polar surface area (TPSA) is 63.6 Å². The van der Waals surface area contributed by atoms with Crippen LogP contribution in [0.15, 0.2) is 29.3 Å². The van der Waals surface area contributed by atoms with Crippen molar-refractivity contribution in [2.75, 3.05) is 6.61 Å². The van der Waals surface area contributed by atoms with Crippen molar-refractivity contribution >= 4 is 11.6 Å². The number of esters is 1. The smallest absolute Gasteiger partial charge is 0.356 e. The summed E-state index contributed by atoms with van der Waals surface area (Å²) in [6.45, 7) is 2.07. The van der Waals surface area contributed by atoms with Gasteiger partial charge >= 0.3 is 5.97 Å². The van der Waals surface area contributed by atoms with Gasteiger partial charge < -0.3 is 9.72 Å². The minimum absolute atomic E-state index is 0.104. The van der Waals surface area contributed by atoms with Gasteiger partial charge in [0.05, 0.1) is 6.61 Å². The van der Waals surface area contributed by atoms with E-state index in [1.165, 1.54) is 18.3 Å². The molecule has 0 aromatic carbocycles. The normalized spacial score (nSPS) is 10.5. The van der Waals surface area contributed by atoms with Crippen LogP contribution in [0.4, 0.5) is 0 Å². The number of hydrogen-bond acceptors (Lipinski definition) is 3. The van der Waals surface area contributed by atoms with E-state index in [0.29, 0.717) is 17.9 Å². The zero-order chi connectivity index (χ0) is 10.8. The van der Waals surface area contributed by atoms with Gasteiger partial charge in [0.2, 0.25) is 0 Å². The summed E-state index contributed by atoms with van der Waals surface area (Å²) in [7, 11) is 0. The largest absolute Gasteiger partial charge is 0.461 e. The number of carbonyl (C=O) groups is 1. The van der Waals surface area contributed by atoms with Gasteiger partial charge in [-0.05, 0) is 6.92 Å². The number of aromatic amines is 1. The molecule has 2 rings (SSSR count). The number of aromatic nitrogens is 2.